The Labute approximate surface area is 123 Å². The molecule has 2 atom stereocenters. The van der Waals surface area contributed by atoms with Gasteiger partial charge >= 0.3 is 0 Å². The van der Waals surface area contributed by atoms with Crippen LogP contribution in [0.3, 0.4) is 0 Å². The fourth-order valence-electron chi connectivity index (χ4n) is 2.08. The second-order valence-electron chi connectivity index (χ2n) is 4.62. The van der Waals surface area contributed by atoms with Gasteiger partial charge in [0.15, 0.2) is 0 Å². The molecule has 0 aliphatic carbocycles. The fraction of sp³-hybridized carbons (Fsp3) is 0.571. The molecule has 0 saturated carbocycles. The topological polar surface area (TPSA) is 41.5 Å². The number of hydrogen-bond acceptors (Lipinski definition) is 5. The first-order chi connectivity index (χ1) is 9.20. The molecule has 2 N–H and O–H groups in total. The van der Waals surface area contributed by atoms with Gasteiger partial charge in [-0.05, 0) is 25.1 Å². The van der Waals surface area contributed by atoms with Gasteiger partial charge in [0, 0.05) is 40.7 Å². The molecule has 1 aromatic carbocycles. The predicted octanol–water partition coefficient (Wildman–Crippen LogP) is 2.90. The van der Waals surface area contributed by atoms with Crippen LogP contribution in [0.25, 0.3) is 0 Å². The molecule has 1 aliphatic heterocycles. The van der Waals surface area contributed by atoms with Gasteiger partial charge in [-0.2, -0.15) is 23.5 Å². The summed E-state index contributed by atoms with van der Waals surface area (Å²) in [6.07, 6.45) is 0. The van der Waals surface area contributed by atoms with Crippen LogP contribution in [0.15, 0.2) is 18.2 Å². The van der Waals surface area contributed by atoms with E-state index in [0.29, 0.717) is 11.0 Å². The average molecular weight is 299 g/mol. The van der Waals surface area contributed by atoms with Crippen LogP contribution in [-0.4, -0.2) is 41.3 Å². The van der Waals surface area contributed by atoms with Crippen molar-refractivity contribution in [1.29, 1.82) is 0 Å². The maximum Gasteiger partial charge on any atom is 0.120 e. The molecule has 5 heteroatoms. The minimum atomic E-state index is 0.127. The Bertz CT molecular complexity index is 408. The molecule has 1 saturated heterocycles. The Balaban J connectivity index is 1.93. The molecule has 106 valence electrons. The zero-order chi connectivity index (χ0) is 13.7. The maximum atomic E-state index is 9.93. The van der Waals surface area contributed by atoms with Gasteiger partial charge in [0.2, 0.25) is 0 Å². The zero-order valence-corrected chi connectivity index (χ0v) is 13.0. The number of aromatic hydroxyl groups is 1. The number of methoxy groups -OCH3 is 1. The average Bonchev–Trinajstić information content (AvgIpc) is 2.46. The lowest BCUT2D eigenvalue weighted by molar-refractivity contribution is 0.407. The predicted molar refractivity (Wildman–Crippen MR) is 84.6 cm³/mol. The molecule has 1 fully saturated rings. The molecule has 0 aromatic heterocycles. The molecular weight excluding hydrogens is 278 g/mol. The summed E-state index contributed by atoms with van der Waals surface area (Å²) in [6.45, 7) is 3.06. The molecule has 3 nitrogen and oxygen atoms in total. The van der Waals surface area contributed by atoms with E-state index in [4.69, 9.17) is 4.74 Å². The first-order valence-corrected chi connectivity index (χ1v) is 8.70. The number of thioether (sulfide) groups is 2. The van der Waals surface area contributed by atoms with E-state index in [0.717, 1.165) is 17.9 Å². The minimum absolute atomic E-state index is 0.127. The van der Waals surface area contributed by atoms with Gasteiger partial charge in [-0.3, -0.25) is 0 Å². The molecular formula is C14H21NO2S2. The van der Waals surface area contributed by atoms with E-state index in [1.54, 1.807) is 19.2 Å². The van der Waals surface area contributed by atoms with Crippen LogP contribution in [0.1, 0.15) is 18.5 Å². The fourth-order valence-corrected chi connectivity index (χ4v) is 4.70. The van der Waals surface area contributed by atoms with Gasteiger partial charge in [0.05, 0.1) is 7.11 Å². The van der Waals surface area contributed by atoms with Crippen molar-refractivity contribution >= 4 is 23.5 Å². The summed E-state index contributed by atoms with van der Waals surface area (Å²) in [5.41, 5.74) is 0.896. The minimum Gasteiger partial charge on any atom is -0.508 e. The second-order valence-corrected chi connectivity index (χ2v) is 7.18. The Hall–Kier alpha value is -0.520. The Morgan fingerprint density at radius 3 is 3.00 bits per heavy atom. The highest BCUT2D eigenvalue weighted by atomic mass is 32.2. The van der Waals surface area contributed by atoms with Gasteiger partial charge in [-0.15, -0.1) is 0 Å². The smallest absolute Gasteiger partial charge is 0.120 e. The number of ether oxygens (including phenoxy) is 1. The van der Waals surface area contributed by atoms with Crippen LogP contribution in [-0.2, 0) is 0 Å². The van der Waals surface area contributed by atoms with Crippen LogP contribution < -0.4 is 10.1 Å². The van der Waals surface area contributed by atoms with Crippen molar-refractivity contribution in [3.8, 4) is 11.5 Å². The highest BCUT2D eigenvalue weighted by molar-refractivity contribution is 8.06. The molecule has 0 amide bonds. The van der Waals surface area contributed by atoms with Gasteiger partial charge in [-0.1, -0.05) is 0 Å². The summed E-state index contributed by atoms with van der Waals surface area (Å²) in [7, 11) is 1.64. The first-order valence-electron chi connectivity index (χ1n) is 6.50. The molecule has 19 heavy (non-hydrogen) atoms. The third kappa shape index (κ3) is 4.23. The highest BCUT2D eigenvalue weighted by Crippen LogP contribution is 2.29. The van der Waals surface area contributed by atoms with E-state index in [-0.39, 0.29) is 6.04 Å². The van der Waals surface area contributed by atoms with Crippen molar-refractivity contribution in [1.82, 2.24) is 5.32 Å². The van der Waals surface area contributed by atoms with Gasteiger partial charge in [0.1, 0.15) is 11.5 Å². The molecule has 1 aliphatic rings. The van der Waals surface area contributed by atoms with Crippen molar-refractivity contribution in [2.75, 3.05) is 30.9 Å². The van der Waals surface area contributed by atoms with Crippen LogP contribution >= 0.6 is 23.5 Å². The van der Waals surface area contributed by atoms with E-state index < -0.39 is 0 Å². The number of nitrogens with one attached hydrogen (secondary N) is 1. The number of rotatable bonds is 5. The number of phenolic OH excluding ortho intramolecular Hbond substituents is 1. The zero-order valence-electron chi connectivity index (χ0n) is 11.4. The van der Waals surface area contributed by atoms with Crippen LogP contribution in [0, 0.1) is 0 Å². The quantitative estimate of drug-likeness (QED) is 0.875. The van der Waals surface area contributed by atoms with Crippen LogP contribution in [0.2, 0.25) is 0 Å². The third-order valence-corrected chi connectivity index (χ3v) is 6.08. The van der Waals surface area contributed by atoms with E-state index >= 15 is 0 Å². The van der Waals surface area contributed by atoms with Crippen LogP contribution in [0.5, 0.6) is 11.5 Å². The summed E-state index contributed by atoms with van der Waals surface area (Å²) < 4.78 is 5.21. The third-order valence-electron chi connectivity index (χ3n) is 3.24. The van der Waals surface area contributed by atoms with Crippen molar-refractivity contribution in [3.05, 3.63) is 23.8 Å². The van der Waals surface area contributed by atoms with Crippen molar-refractivity contribution in [3.63, 3.8) is 0 Å². The molecule has 1 heterocycles. The van der Waals surface area contributed by atoms with E-state index in [1.807, 2.05) is 29.6 Å². The van der Waals surface area contributed by atoms with Crippen molar-refractivity contribution in [2.24, 2.45) is 0 Å². The number of benzene rings is 1. The second kappa shape index (κ2) is 7.31. The molecule has 0 bridgehead atoms. The summed E-state index contributed by atoms with van der Waals surface area (Å²) in [4.78, 5) is 0. The molecule has 0 spiro atoms. The number of phenols is 1. The lowest BCUT2D eigenvalue weighted by Gasteiger charge is -2.24. The maximum absolute atomic E-state index is 9.93. The van der Waals surface area contributed by atoms with Gasteiger partial charge < -0.3 is 15.2 Å². The SMILES string of the molecule is COc1ccc(O)c(C(C)NCC2CSCCS2)c1. The first kappa shape index (κ1) is 14.9. The largest absolute Gasteiger partial charge is 0.508 e. The highest BCUT2D eigenvalue weighted by Gasteiger charge is 2.17. The Morgan fingerprint density at radius 2 is 2.32 bits per heavy atom. The summed E-state index contributed by atoms with van der Waals surface area (Å²) in [6, 6.07) is 5.49. The van der Waals surface area contributed by atoms with Gasteiger partial charge in [-0.25, -0.2) is 0 Å². The van der Waals surface area contributed by atoms with E-state index in [2.05, 4.69) is 12.2 Å². The Morgan fingerprint density at radius 1 is 1.47 bits per heavy atom. The van der Waals surface area contributed by atoms with E-state index in [9.17, 15) is 5.11 Å². The van der Waals surface area contributed by atoms with Crippen molar-refractivity contribution in [2.45, 2.75) is 18.2 Å². The Kier molecular flexibility index (Phi) is 5.73. The molecule has 0 radical (unpaired) electrons. The van der Waals surface area contributed by atoms with Crippen molar-refractivity contribution < 1.29 is 9.84 Å². The standard InChI is InChI=1S/C14H21NO2S2/c1-10(15-8-12-9-18-5-6-19-12)13-7-11(17-2)3-4-14(13)16/h3-4,7,10,12,15-16H,5-6,8-9H2,1-2H3. The molecule has 2 rings (SSSR count). The number of hydrogen-bond donors (Lipinski definition) is 2. The molecule has 2 unspecified atom stereocenters. The summed E-state index contributed by atoms with van der Waals surface area (Å²) in [5, 5.41) is 14.1. The normalized spacial score (nSPS) is 21.1. The van der Waals surface area contributed by atoms with Crippen LogP contribution in [0.4, 0.5) is 0 Å². The molecule has 1 aromatic rings. The monoisotopic (exact) mass is 299 g/mol. The summed E-state index contributed by atoms with van der Waals surface area (Å²) >= 11 is 4.07. The lowest BCUT2D eigenvalue weighted by Crippen LogP contribution is -2.30. The van der Waals surface area contributed by atoms with Gasteiger partial charge in [0.25, 0.3) is 0 Å². The summed E-state index contributed by atoms with van der Waals surface area (Å²) in [5.74, 6) is 4.84. The lowest BCUT2D eigenvalue weighted by atomic mass is 10.1. The van der Waals surface area contributed by atoms with E-state index in [1.165, 1.54) is 17.3 Å².